The fourth-order valence-electron chi connectivity index (χ4n) is 4.35. The lowest BCUT2D eigenvalue weighted by molar-refractivity contribution is 0.0694. The maximum atomic E-state index is 13.0. The molecule has 0 aliphatic heterocycles. The second-order valence-corrected chi connectivity index (χ2v) is 12.3. The lowest BCUT2D eigenvalue weighted by Crippen LogP contribution is -2.38. The van der Waals surface area contributed by atoms with Crippen molar-refractivity contribution < 1.29 is 14.1 Å². The second-order valence-electron chi connectivity index (χ2n) is 9.60. The Morgan fingerprint density at radius 2 is 1.91 bits per heavy atom. The number of benzene rings is 1. The lowest BCUT2D eigenvalue weighted by Gasteiger charge is -2.24. The molecule has 2 aromatic rings. The van der Waals surface area contributed by atoms with E-state index in [9.17, 15) is 14.1 Å². The number of nitrogens with two attached hydrogens (primary N) is 1. The van der Waals surface area contributed by atoms with E-state index in [-0.39, 0.29) is 27.4 Å². The van der Waals surface area contributed by atoms with Crippen molar-refractivity contribution in [3.63, 3.8) is 0 Å². The summed E-state index contributed by atoms with van der Waals surface area (Å²) >= 11 is 13.1. The van der Waals surface area contributed by atoms with Crippen LogP contribution in [-0.4, -0.2) is 37.8 Å². The molecule has 0 spiro atoms. The van der Waals surface area contributed by atoms with E-state index in [4.69, 9.17) is 28.3 Å². The van der Waals surface area contributed by atoms with Crippen molar-refractivity contribution in [1.29, 1.82) is 0 Å². The number of hydrogen-bond acceptors (Lipinski definition) is 3. The first-order chi connectivity index (χ1) is 15.3. The molecule has 4 N–H and O–H groups in total. The summed E-state index contributed by atoms with van der Waals surface area (Å²) in [7, 11) is -3.04. The molecule has 3 rings (SSSR count). The summed E-state index contributed by atoms with van der Waals surface area (Å²) < 4.78 is 14.4. The van der Waals surface area contributed by atoms with Gasteiger partial charge in [0.1, 0.15) is 0 Å². The first kappa shape index (κ1) is 26.1. The molecule has 0 bridgehead atoms. The Balaban J connectivity index is 2.09. The highest BCUT2D eigenvalue weighted by Gasteiger charge is 2.25. The van der Waals surface area contributed by atoms with Crippen molar-refractivity contribution in [1.82, 2.24) is 9.88 Å². The van der Waals surface area contributed by atoms with Crippen LogP contribution in [0, 0.1) is 12.8 Å². The minimum Gasteiger partial charge on any atom is -0.389 e. The molecule has 9 heteroatoms. The van der Waals surface area contributed by atoms with Gasteiger partial charge in [-0.25, -0.2) is 4.21 Å². The van der Waals surface area contributed by atoms with E-state index in [0.717, 1.165) is 30.8 Å². The van der Waals surface area contributed by atoms with Crippen LogP contribution in [0.15, 0.2) is 23.1 Å². The van der Waals surface area contributed by atoms with Gasteiger partial charge in [-0.15, -0.1) is 0 Å². The highest BCUT2D eigenvalue weighted by molar-refractivity contribution is 7.98. The van der Waals surface area contributed by atoms with Gasteiger partial charge < -0.3 is 15.0 Å². The summed E-state index contributed by atoms with van der Waals surface area (Å²) in [5.74, 6) is 3.75. The van der Waals surface area contributed by atoms with Crippen LogP contribution in [0.4, 0.5) is 0 Å². The summed E-state index contributed by atoms with van der Waals surface area (Å²) in [6.45, 7) is 6.09. The lowest BCUT2D eigenvalue weighted by atomic mass is 9.89. The van der Waals surface area contributed by atoms with Crippen LogP contribution in [0.25, 0.3) is 11.3 Å². The number of nitrogens with one attached hydrogen (secondary N) is 1. The van der Waals surface area contributed by atoms with Gasteiger partial charge in [0.15, 0.2) is 0 Å². The van der Waals surface area contributed by atoms with Crippen LogP contribution in [0.5, 0.6) is 0 Å². The minimum atomic E-state index is -3.04. The van der Waals surface area contributed by atoms with Crippen LogP contribution in [-0.2, 0) is 16.3 Å². The summed E-state index contributed by atoms with van der Waals surface area (Å²) in [6.07, 6.45) is 5.94. The van der Waals surface area contributed by atoms with Crippen LogP contribution in [0.2, 0.25) is 10.0 Å². The van der Waals surface area contributed by atoms with Crippen LogP contribution in [0.1, 0.15) is 62.0 Å². The molecule has 1 aromatic heterocycles. The van der Waals surface area contributed by atoms with Gasteiger partial charge in [-0.3, -0.25) is 9.93 Å². The molecule has 1 aliphatic carbocycles. The van der Waals surface area contributed by atoms with E-state index >= 15 is 0 Å². The number of hydrogen-bond donors (Lipinski definition) is 3. The maximum Gasteiger partial charge on any atom is 0.253 e. The molecule has 1 aliphatic rings. The van der Waals surface area contributed by atoms with Crippen molar-refractivity contribution in [3.05, 3.63) is 39.5 Å². The number of nitrogens with zero attached hydrogens (tertiary/aromatic N) is 1. The Morgan fingerprint density at radius 3 is 2.48 bits per heavy atom. The molecule has 0 radical (unpaired) electrons. The number of rotatable bonds is 7. The number of carbonyl (C=O) groups excluding carboxylic acids is 1. The Kier molecular flexibility index (Phi) is 7.91. The standard InChI is InChI=1S/C24H33Cl2N3O3S/c1-15-18(23(30)28-14-24(2,3)31)12-19(29(15)13-16-8-6-5-7-9-16)17-10-11-20(33(4,27)32)22(26)21(17)25/h10-12,16,31H,4-9,13-14H2,1-3H3,(H2,27,32)(H,28,30). The SMILES string of the molecule is C=S(N)(=O)c1ccc(-c2cc(C(=O)NCC(C)(C)O)c(C)n2CC2CCCCC2)c(Cl)c1Cl. The Morgan fingerprint density at radius 1 is 1.27 bits per heavy atom. The highest BCUT2D eigenvalue weighted by atomic mass is 35.5. The largest absolute Gasteiger partial charge is 0.389 e. The van der Waals surface area contributed by atoms with Gasteiger partial charge in [0, 0.05) is 24.3 Å². The zero-order chi connectivity index (χ0) is 24.6. The Bertz CT molecular complexity index is 1140. The topological polar surface area (TPSA) is 97.3 Å². The third kappa shape index (κ3) is 6.14. The smallest absolute Gasteiger partial charge is 0.253 e. The third-order valence-electron chi connectivity index (χ3n) is 6.15. The molecular weight excluding hydrogens is 481 g/mol. The molecule has 6 nitrogen and oxygen atoms in total. The van der Waals surface area contributed by atoms with E-state index in [2.05, 4.69) is 15.8 Å². The zero-order valence-electron chi connectivity index (χ0n) is 19.4. The van der Waals surface area contributed by atoms with Crippen molar-refractivity contribution >= 4 is 44.7 Å². The van der Waals surface area contributed by atoms with Gasteiger partial charge in [0.05, 0.1) is 41.5 Å². The molecule has 1 heterocycles. The third-order valence-corrected chi connectivity index (χ3v) is 8.23. The quantitative estimate of drug-likeness (QED) is 0.463. The van der Waals surface area contributed by atoms with Crippen LogP contribution >= 0.6 is 23.2 Å². The van der Waals surface area contributed by atoms with E-state index in [1.807, 2.05) is 6.92 Å². The molecule has 1 saturated carbocycles. The van der Waals surface area contributed by atoms with Gasteiger partial charge >= 0.3 is 0 Å². The minimum absolute atomic E-state index is 0.104. The normalized spacial score (nSPS) is 17.1. The predicted octanol–water partition coefficient (Wildman–Crippen LogP) is 4.80. The fourth-order valence-corrected chi connectivity index (χ4v) is 5.93. The van der Waals surface area contributed by atoms with E-state index < -0.39 is 15.3 Å². The predicted molar refractivity (Wildman–Crippen MR) is 138 cm³/mol. The summed E-state index contributed by atoms with van der Waals surface area (Å²) in [6, 6.07) is 5.12. The van der Waals surface area contributed by atoms with Gasteiger partial charge in [-0.2, -0.15) is 0 Å². The highest BCUT2D eigenvalue weighted by Crippen LogP contribution is 2.39. The molecule has 1 aromatic carbocycles. The van der Waals surface area contributed by atoms with Crippen LogP contribution in [0.3, 0.4) is 0 Å². The molecular formula is C24H33Cl2N3O3S. The average molecular weight is 515 g/mol. The Labute approximate surface area is 206 Å². The molecule has 1 atom stereocenters. The fraction of sp³-hybridized carbons (Fsp3) is 0.500. The van der Waals surface area contributed by atoms with E-state index in [1.54, 1.807) is 32.0 Å². The van der Waals surface area contributed by atoms with Gasteiger partial charge in [0.2, 0.25) is 0 Å². The summed E-state index contributed by atoms with van der Waals surface area (Å²) in [4.78, 5) is 13.2. The van der Waals surface area contributed by atoms with E-state index in [0.29, 0.717) is 17.0 Å². The van der Waals surface area contributed by atoms with E-state index in [1.165, 1.54) is 19.3 Å². The second kappa shape index (κ2) is 10.0. The first-order valence-electron chi connectivity index (χ1n) is 11.1. The van der Waals surface area contributed by atoms with Crippen molar-refractivity contribution in [2.75, 3.05) is 6.54 Å². The summed E-state index contributed by atoms with van der Waals surface area (Å²) in [5, 5.41) is 18.8. The number of amides is 1. The molecule has 1 unspecified atom stereocenters. The Hall–Kier alpha value is -1.51. The van der Waals surface area contributed by atoms with Gasteiger partial charge in [-0.1, -0.05) is 48.5 Å². The number of aromatic nitrogens is 1. The number of aliphatic hydroxyl groups is 1. The molecule has 182 valence electrons. The maximum absolute atomic E-state index is 13.0. The number of halogens is 2. The monoisotopic (exact) mass is 513 g/mol. The molecule has 1 amide bonds. The number of carbonyl (C=O) groups is 1. The van der Waals surface area contributed by atoms with Gasteiger partial charge in [-0.05, 0) is 57.5 Å². The first-order valence-corrected chi connectivity index (χ1v) is 13.7. The summed E-state index contributed by atoms with van der Waals surface area (Å²) in [5.41, 5.74) is 1.71. The van der Waals surface area contributed by atoms with Crippen molar-refractivity contribution in [3.8, 4) is 11.3 Å². The van der Waals surface area contributed by atoms with Gasteiger partial charge in [0.25, 0.3) is 5.91 Å². The molecule has 1 fully saturated rings. The molecule has 33 heavy (non-hydrogen) atoms. The average Bonchev–Trinajstić information content (AvgIpc) is 3.04. The van der Waals surface area contributed by atoms with Crippen molar-refractivity contribution in [2.24, 2.45) is 11.1 Å². The molecule has 0 saturated heterocycles. The van der Waals surface area contributed by atoms with Crippen LogP contribution < -0.4 is 10.5 Å². The van der Waals surface area contributed by atoms with Crippen molar-refractivity contribution in [2.45, 2.75) is 69.9 Å². The zero-order valence-corrected chi connectivity index (χ0v) is 21.7.